The summed E-state index contributed by atoms with van der Waals surface area (Å²) >= 11 is 0. The van der Waals surface area contributed by atoms with Crippen LogP contribution in [0.4, 0.5) is 5.69 Å². The van der Waals surface area contributed by atoms with Gasteiger partial charge >= 0.3 is 0 Å². The Labute approximate surface area is 90.1 Å². The van der Waals surface area contributed by atoms with E-state index in [0.717, 1.165) is 24.1 Å². The Kier molecular flexibility index (Phi) is 2.86. The maximum atomic E-state index is 8.59. The molecule has 1 unspecified atom stereocenters. The van der Waals surface area contributed by atoms with Gasteiger partial charge < -0.3 is 5.32 Å². The maximum Gasteiger partial charge on any atom is 0.140 e. The molecule has 0 radical (unpaired) electrons. The molecule has 1 saturated carbocycles. The van der Waals surface area contributed by atoms with Gasteiger partial charge in [0, 0.05) is 6.54 Å². The summed E-state index contributed by atoms with van der Waals surface area (Å²) < 4.78 is 0. The molecule has 1 aromatic heterocycles. The monoisotopic (exact) mass is 201 g/mol. The number of nitrogens with zero attached hydrogens (tertiary/aromatic N) is 2. The van der Waals surface area contributed by atoms with Crippen molar-refractivity contribution in [3.05, 3.63) is 24.0 Å². The van der Waals surface area contributed by atoms with E-state index in [0.29, 0.717) is 5.69 Å². The fourth-order valence-electron chi connectivity index (χ4n) is 1.68. The molecule has 78 valence electrons. The summed E-state index contributed by atoms with van der Waals surface area (Å²) in [5.74, 6) is 1.66. The average Bonchev–Trinajstić information content (AvgIpc) is 3.10. The van der Waals surface area contributed by atoms with Crippen molar-refractivity contribution in [2.45, 2.75) is 19.8 Å². The van der Waals surface area contributed by atoms with Crippen molar-refractivity contribution in [2.75, 3.05) is 11.9 Å². The molecule has 1 aliphatic rings. The lowest BCUT2D eigenvalue weighted by molar-refractivity contribution is 0.536. The van der Waals surface area contributed by atoms with E-state index in [-0.39, 0.29) is 0 Å². The molecule has 3 heteroatoms. The molecule has 1 atom stereocenters. The standard InChI is InChI=1S/C12H15N3/c1-9(10-2-3-10)7-14-12-5-4-11(6-13)15-8-12/h4-5,8-10,14H,2-3,7H2,1H3. The quantitative estimate of drug-likeness (QED) is 0.813. The van der Waals surface area contributed by atoms with E-state index in [2.05, 4.69) is 17.2 Å². The lowest BCUT2D eigenvalue weighted by Gasteiger charge is -2.11. The van der Waals surface area contributed by atoms with Crippen molar-refractivity contribution in [3.63, 3.8) is 0 Å². The number of nitriles is 1. The normalized spacial score (nSPS) is 16.8. The van der Waals surface area contributed by atoms with Crippen molar-refractivity contribution >= 4 is 5.69 Å². The van der Waals surface area contributed by atoms with Crippen LogP contribution in [0.2, 0.25) is 0 Å². The summed E-state index contributed by atoms with van der Waals surface area (Å²) in [6.45, 7) is 3.28. The molecule has 2 rings (SSSR count). The summed E-state index contributed by atoms with van der Waals surface area (Å²) in [4.78, 5) is 4.01. The second kappa shape index (κ2) is 4.31. The number of aromatic nitrogens is 1. The third-order valence-electron chi connectivity index (χ3n) is 2.93. The summed E-state index contributed by atoms with van der Waals surface area (Å²) in [6.07, 6.45) is 4.49. The predicted molar refractivity (Wildman–Crippen MR) is 59.3 cm³/mol. The van der Waals surface area contributed by atoms with Gasteiger partial charge in [0.15, 0.2) is 0 Å². The number of rotatable bonds is 4. The first-order valence-electron chi connectivity index (χ1n) is 5.39. The van der Waals surface area contributed by atoms with Gasteiger partial charge in [-0.05, 0) is 36.8 Å². The van der Waals surface area contributed by atoms with Gasteiger partial charge in [0.1, 0.15) is 11.8 Å². The van der Waals surface area contributed by atoms with Gasteiger partial charge in [0.25, 0.3) is 0 Å². The molecule has 3 nitrogen and oxygen atoms in total. The highest BCUT2D eigenvalue weighted by atomic mass is 14.9. The van der Waals surface area contributed by atoms with Gasteiger partial charge in [0.05, 0.1) is 11.9 Å². The molecule has 0 aromatic carbocycles. The zero-order valence-corrected chi connectivity index (χ0v) is 8.90. The van der Waals surface area contributed by atoms with Crippen LogP contribution in [0.5, 0.6) is 0 Å². The first-order valence-corrected chi connectivity index (χ1v) is 5.39. The topological polar surface area (TPSA) is 48.7 Å². The Bertz CT molecular complexity index is 359. The van der Waals surface area contributed by atoms with E-state index < -0.39 is 0 Å². The van der Waals surface area contributed by atoms with Gasteiger partial charge in [-0.15, -0.1) is 0 Å². The van der Waals surface area contributed by atoms with Gasteiger partial charge in [-0.2, -0.15) is 5.26 Å². The van der Waals surface area contributed by atoms with Crippen LogP contribution in [-0.2, 0) is 0 Å². The molecule has 0 spiro atoms. The van der Waals surface area contributed by atoms with Crippen LogP contribution in [-0.4, -0.2) is 11.5 Å². The molecule has 1 aromatic rings. The van der Waals surface area contributed by atoms with Crippen LogP contribution in [0, 0.1) is 23.2 Å². The Morgan fingerprint density at radius 2 is 2.40 bits per heavy atom. The van der Waals surface area contributed by atoms with E-state index in [9.17, 15) is 0 Å². The smallest absolute Gasteiger partial charge is 0.140 e. The van der Waals surface area contributed by atoms with Crippen LogP contribution in [0.1, 0.15) is 25.5 Å². The fraction of sp³-hybridized carbons (Fsp3) is 0.500. The van der Waals surface area contributed by atoms with Crippen LogP contribution < -0.4 is 5.32 Å². The zero-order valence-electron chi connectivity index (χ0n) is 8.90. The van der Waals surface area contributed by atoms with Crippen molar-refractivity contribution in [3.8, 4) is 6.07 Å². The summed E-state index contributed by atoms with van der Waals surface area (Å²) in [5, 5.41) is 11.9. The van der Waals surface area contributed by atoms with E-state index >= 15 is 0 Å². The second-order valence-corrected chi connectivity index (χ2v) is 4.24. The van der Waals surface area contributed by atoms with Gasteiger partial charge in [-0.25, -0.2) is 4.98 Å². The summed E-state index contributed by atoms with van der Waals surface area (Å²) in [7, 11) is 0. The van der Waals surface area contributed by atoms with Crippen LogP contribution in [0.15, 0.2) is 18.3 Å². The lowest BCUT2D eigenvalue weighted by Crippen LogP contribution is -2.12. The summed E-state index contributed by atoms with van der Waals surface area (Å²) in [5.41, 5.74) is 1.47. The third-order valence-corrected chi connectivity index (χ3v) is 2.93. The molecule has 1 fully saturated rings. The number of hydrogen-bond donors (Lipinski definition) is 1. The minimum atomic E-state index is 0.468. The third kappa shape index (κ3) is 2.69. The van der Waals surface area contributed by atoms with Crippen molar-refractivity contribution in [1.82, 2.24) is 4.98 Å². The largest absolute Gasteiger partial charge is 0.384 e. The lowest BCUT2D eigenvalue weighted by atomic mass is 10.1. The predicted octanol–water partition coefficient (Wildman–Crippen LogP) is 2.41. The van der Waals surface area contributed by atoms with E-state index in [1.807, 2.05) is 12.1 Å². The number of hydrogen-bond acceptors (Lipinski definition) is 3. The van der Waals surface area contributed by atoms with Crippen LogP contribution in [0.3, 0.4) is 0 Å². The second-order valence-electron chi connectivity index (χ2n) is 4.24. The maximum absolute atomic E-state index is 8.59. The van der Waals surface area contributed by atoms with Crippen molar-refractivity contribution < 1.29 is 0 Å². The SMILES string of the molecule is CC(CNc1ccc(C#N)nc1)C1CC1. The molecule has 0 amide bonds. The van der Waals surface area contributed by atoms with Gasteiger partial charge in [-0.1, -0.05) is 6.92 Å². The Morgan fingerprint density at radius 1 is 1.60 bits per heavy atom. The average molecular weight is 201 g/mol. The molecule has 1 aliphatic carbocycles. The zero-order chi connectivity index (χ0) is 10.7. The highest BCUT2D eigenvalue weighted by Crippen LogP contribution is 2.36. The first kappa shape index (κ1) is 9.97. The van der Waals surface area contributed by atoms with E-state index in [1.54, 1.807) is 12.3 Å². The Balaban J connectivity index is 1.85. The van der Waals surface area contributed by atoms with Crippen LogP contribution in [0.25, 0.3) is 0 Å². The highest BCUT2D eigenvalue weighted by molar-refractivity contribution is 5.42. The molecular weight excluding hydrogens is 186 g/mol. The van der Waals surface area contributed by atoms with Gasteiger partial charge in [0.2, 0.25) is 0 Å². The number of nitrogens with one attached hydrogen (secondary N) is 1. The number of pyridine rings is 1. The Morgan fingerprint density at radius 3 is 2.93 bits per heavy atom. The Hall–Kier alpha value is -1.56. The minimum Gasteiger partial charge on any atom is -0.384 e. The fourth-order valence-corrected chi connectivity index (χ4v) is 1.68. The minimum absolute atomic E-state index is 0.468. The van der Waals surface area contributed by atoms with E-state index in [4.69, 9.17) is 5.26 Å². The van der Waals surface area contributed by atoms with E-state index in [1.165, 1.54) is 12.8 Å². The molecule has 1 heterocycles. The van der Waals surface area contributed by atoms with Crippen LogP contribution >= 0.6 is 0 Å². The van der Waals surface area contributed by atoms with Gasteiger partial charge in [-0.3, -0.25) is 0 Å². The molecule has 15 heavy (non-hydrogen) atoms. The molecule has 1 N–H and O–H groups in total. The number of anilines is 1. The molecular formula is C12H15N3. The molecule has 0 bridgehead atoms. The first-order chi connectivity index (χ1) is 7.29. The van der Waals surface area contributed by atoms with Crippen molar-refractivity contribution in [2.24, 2.45) is 11.8 Å². The highest BCUT2D eigenvalue weighted by Gasteiger charge is 2.27. The molecule has 0 aliphatic heterocycles. The van der Waals surface area contributed by atoms with Crippen molar-refractivity contribution in [1.29, 1.82) is 5.26 Å². The molecule has 0 saturated heterocycles. The summed E-state index contributed by atoms with van der Waals surface area (Å²) in [6, 6.07) is 5.66.